The molecule has 0 bridgehead atoms. The van der Waals surface area contributed by atoms with E-state index in [2.05, 4.69) is 12.2 Å². The molecule has 0 saturated carbocycles. The van der Waals surface area contributed by atoms with Crippen molar-refractivity contribution in [3.05, 3.63) is 89.5 Å². The predicted molar refractivity (Wildman–Crippen MR) is 146 cm³/mol. The fraction of sp³-hybridized carbons (Fsp3) is 0.323. The molecule has 0 spiro atoms. The average Bonchev–Trinajstić information content (AvgIpc) is 2.94. The number of esters is 1. The molecule has 3 aromatic rings. The molecule has 0 fully saturated rings. The second-order valence-corrected chi connectivity index (χ2v) is 9.01. The normalized spacial score (nSPS) is 11.4. The van der Waals surface area contributed by atoms with Crippen molar-refractivity contribution < 1.29 is 29.0 Å². The molecule has 3 rings (SSSR count). The lowest BCUT2D eigenvalue weighted by atomic mass is 9.94. The summed E-state index contributed by atoms with van der Waals surface area (Å²) >= 11 is 0. The van der Waals surface area contributed by atoms with E-state index in [0.717, 1.165) is 36.0 Å². The topological polar surface area (TPSA) is 102 Å². The van der Waals surface area contributed by atoms with Crippen LogP contribution in [0.1, 0.15) is 59.4 Å². The first-order valence-electron chi connectivity index (χ1n) is 13.0. The number of carboxylic acids is 1. The Morgan fingerprint density at radius 3 is 2.29 bits per heavy atom. The number of ether oxygens (including phenoxy) is 2. The number of hydrogen-bond acceptors (Lipinski definition) is 5. The van der Waals surface area contributed by atoms with Crippen LogP contribution in [-0.2, 0) is 16.0 Å². The number of amides is 1. The summed E-state index contributed by atoms with van der Waals surface area (Å²) in [5.74, 6) is -0.782. The third-order valence-electron chi connectivity index (χ3n) is 6.18. The summed E-state index contributed by atoms with van der Waals surface area (Å²) in [7, 11) is 0. The number of nitrogens with one attached hydrogen (secondary N) is 1. The monoisotopic (exact) mass is 517 g/mol. The zero-order valence-electron chi connectivity index (χ0n) is 21.9. The Morgan fingerprint density at radius 2 is 1.63 bits per heavy atom. The minimum Gasteiger partial charge on any atom is -0.492 e. The molecule has 1 atom stereocenters. The first kappa shape index (κ1) is 28.4. The Kier molecular flexibility index (Phi) is 10.9. The molecule has 200 valence electrons. The number of carboxylic acid groups (broad SMARTS) is 1. The number of aromatic carboxylic acids is 1. The molecule has 0 aliphatic rings. The Labute approximate surface area is 223 Å². The highest BCUT2D eigenvalue weighted by atomic mass is 16.5. The van der Waals surface area contributed by atoms with Gasteiger partial charge in [0, 0.05) is 5.56 Å². The van der Waals surface area contributed by atoms with Crippen LogP contribution < -0.4 is 10.1 Å². The molecule has 38 heavy (non-hydrogen) atoms. The summed E-state index contributed by atoms with van der Waals surface area (Å²) in [4.78, 5) is 35.9. The van der Waals surface area contributed by atoms with Gasteiger partial charge in [-0.25, -0.2) is 4.79 Å². The highest BCUT2D eigenvalue weighted by Gasteiger charge is 2.19. The zero-order chi connectivity index (χ0) is 27.3. The lowest BCUT2D eigenvalue weighted by molar-refractivity contribution is -0.148. The van der Waals surface area contributed by atoms with Gasteiger partial charge < -0.3 is 19.9 Å². The van der Waals surface area contributed by atoms with E-state index in [4.69, 9.17) is 9.47 Å². The maximum Gasteiger partial charge on any atom is 0.335 e. The van der Waals surface area contributed by atoms with E-state index in [1.165, 1.54) is 0 Å². The summed E-state index contributed by atoms with van der Waals surface area (Å²) in [5.41, 5.74) is 3.38. The highest BCUT2D eigenvalue weighted by Crippen LogP contribution is 2.22. The van der Waals surface area contributed by atoms with Gasteiger partial charge in [0.1, 0.15) is 12.4 Å². The smallest absolute Gasteiger partial charge is 0.335 e. The van der Waals surface area contributed by atoms with Gasteiger partial charge in [-0.15, -0.1) is 0 Å². The van der Waals surface area contributed by atoms with Crippen LogP contribution in [0.15, 0.2) is 72.8 Å². The molecule has 0 saturated heterocycles. The Hall–Kier alpha value is -4.13. The predicted octanol–water partition coefficient (Wildman–Crippen LogP) is 5.77. The van der Waals surface area contributed by atoms with Crippen molar-refractivity contribution in [2.45, 2.75) is 39.5 Å². The third kappa shape index (κ3) is 8.47. The molecule has 2 N–H and O–H groups in total. The number of hydrogen-bond donors (Lipinski definition) is 2. The van der Waals surface area contributed by atoms with Crippen molar-refractivity contribution in [1.29, 1.82) is 0 Å². The maximum atomic E-state index is 12.5. The summed E-state index contributed by atoms with van der Waals surface area (Å²) in [6.45, 7) is 4.97. The summed E-state index contributed by atoms with van der Waals surface area (Å²) < 4.78 is 11.0. The van der Waals surface area contributed by atoms with E-state index in [-0.39, 0.29) is 23.4 Å². The van der Waals surface area contributed by atoms with Crippen LogP contribution in [0.25, 0.3) is 11.1 Å². The van der Waals surface area contributed by atoms with E-state index in [1.54, 1.807) is 42.5 Å². The molecule has 0 heterocycles. The largest absolute Gasteiger partial charge is 0.492 e. The second kappa shape index (κ2) is 14.6. The molecular formula is C31H35NO6. The van der Waals surface area contributed by atoms with E-state index in [9.17, 15) is 19.5 Å². The first-order chi connectivity index (χ1) is 18.4. The molecule has 0 aromatic heterocycles. The van der Waals surface area contributed by atoms with Crippen LogP contribution in [-0.4, -0.2) is 42.7 Å². The zero-order valence-corrected chi connectivity index (χ0v) is 21.9. The fourth-order valence-corrected chi connectivity index (χ4v) is 4.10. The highest BCUT2D eigenvalue weighted by molar-refractivity contribution is 5.95. The maximum absolute atomic E-state index is 12.5. The van der Waals surface area contributed by atoms with E-state index in [1.807, 2.05) is 37.3 Å². The Balaban J connectivity index is 1.45. The van der Waals surface area contributed by atoms with Gasteiger partial charge in [0.05, 0.1) is 24.6 Å². The SMILES string of the molecule is CCCCC(Cc1ccc(OCCNC(=O)c2ccc(-c3cccc(C(=O)O)c3)cc2)cc1)C(=O)OCC. The van der Waals surface area contributed by atoms with Crippen LogP contribution in [0, 0.1) is 5.92 Å². The molecule has 0 aliphatic heterocycles. The number of unbranched alkanes of at least 4 members (excludes halogenated alkanes) is 1. The van der Waals surface area contributed by atoms with Crippen molar-refractivity contribution in [2.24, 2.45) is 5.92 Å². The quantitative estimate of drug-likeness (QED) is 0.208. The van der Waals surface area contributed by atoms with Crippen molar-refractivity contribution in [3.63, 3.8) is 0 Å². The molecule has 3 aromatic carbocycles. The van der Waals surface area contributed by atoms with Gasteiger partial charge in [0.25, 0.3) is 5.91 Å². The van der Waals surface area contributed by atoms with Crippen molar-refractivity contribution in [2.75, 3.05) is 19.8 Å². The average molecular weight is 518 g/mol. The van der Waals surface area contributed by atoms with Gasteiger partial charge in [-0.1, -0.05) is 56.2 Å². The Bertz CT molecular complexity index is 1200. The van der Waals surface area contributed by atoms with Crippen molar-refractivity contribution in [1.82, 2.24) is 5.32 Å². The summed E-state index contributed by atoms with van der Waals surface area (Å²) in [5, 5.41) is 12.0. The summed E-state index contributed by atoms with van der Waals surface area (Å²) in [6, 6.07) is 21.3. The van der Waals surface area contributed by atoms with Crippen molar-refractivity contribution >= 4 is 17.8 Å². The van der Waals surface area contributed by atoms with Crippen LogP contribution >= 0.6 is 0 Å². The van der Waals surface area contributed by atoms with Crippen LogP contribution in [0.2, 0.25) is 0 Å². The summed E-state index contributed by atoms with van der Waals surface area (Å²) in [6.07, 6.45) is 3.47. The molecule has 0 radical (unpaired) electrons. The fourth-order valence-electron chi connectivity index (χ4n) is 4.10. The standard InChI is InChI=1S/C31H35NO6/c1-3-5-7-27(31(36)37-4-2)20-22-10-16-28(17-11-22)38-19-18-32-29(33)24-14-12-23(13-15-24)25-8-6-9-26(21-25)30(34)35/h6,8-17,21,27H,3-5,7,18-20H2,1-2H3,(H,32,33)(H,34,35). The number of carbonyl (C=O) groups excluding carboxylic acids is 2. The lowest BCUT2D eigenvalue weighted by Gasteiger charge is -2.15. The van der Waals surface area contributed by atoms with Crippen LogP contribution in [0.3, 0.4) is 0 Å². The van der Waals surface area contributed by atoms with Crippen LogP contribution in [0.4, 0.5) is 0 Å². The van der Waals surface area contributed by atoms with Crippen LogP contribution in [0.5, 0.6) is 5.75 Å². The van der Waals surface area contributed by atoms with E-state index >= 15 is 0 Å². The van der Waals surface area contributed by atoms with Gasteiger partial charge >= 0.3 is 11.9 Å². The molecule has 7 heteroatoms. The third-order valence-corrected chi connectivity index (χ3v) is 6.18. The molecule has 1 unspecified atom stereocenters. The molecule has 1 amide bonds. The number of benzene rings is 3. The van der Waals surface area contributed by atoms with Gasteiger partial charge in [-0.2, -0.15) is 0 Å². The number of carbonyl (C=O) groups is 3. The van der Waals surface area contributed by atoms with Gasteiger partial charge in [-0.3, -0.25) is 9.59 Å². The van der Waals surface area contributed by atoms with Gasteiger partial charge in [0.2, 0.25) is 0 Å². The molecular weight excluding hydrogens is 482 g/mol. The van der Waals surface area contributed by atoms with Gasteiger partial charge in [0.15, 0.2) is 0 Å². The molecule has 0 aliphatic carbocycles. The van der Waals surface area contributed by atoms with Gasteiger partial charge in [-0.05, 0) is 72.9 Å². The minimum atomic E-state index is -0.981. The van der Waals surface area contributed by atoms with E-state index in [0.29, 0.717) is 37.5 Å². The first-order valence-corrected chi connectivity index (χ1v) is 13.0. The lowest BCUT2D eigenvalue weighted by Crippen LogP contribution is -2.28. The molecule has 7 nitrogen and oxygen atoms in total. The minimum absolute atomic E-state index is 0.138. The second-order valence-electron chi connectivity index (χ2n) is 9.01. The van der Waals surface area contributed by atoms with Crippen molar-refractivity contribution in [3.8, 4) is 16.9 Å². The Morgan fingerprint density at radius 1 is 0.895 bits per heavy atom. The van der Waals surface area contributed by atoms with E-state index < -0.39 is 5.97 Å². The number of rotatable bonds is 14.